The third-order valence-electron chi connectivity index (χ3n) is 2.53. The largest absolute Gasteiger partial charge is 0.466 e. The topological polar surface area (TPSA) is 120 Å². The molecule has 0 spiro atoms. The SMILES string of the molecule is CCOC(=O)C(CCCNC(=O)c1ccc[nH]1)N=[N+]=[N-]. The number of hydrogen-bond donors (Lipinski definition) is 2. The van der Waals surface area contributed by atoms with E-state index in [1.54, 1.807) is 25.3 Å². The van der Waals surface area contributed by atoms with Crippen molar-refractivity contribution >= 4 is 11.9 Å². The predicted molar refractivity (Wildman–Crippen MR) is 71.9 cm³/mol. The van der Waals surface area contributed by atoms with Gasteiger partial charge in [-0.25, -0.2) is 0 Å². The quantitative estimate of drug-likeness (QED) is 0.248. The lowest BCUT2D eigenvalue weighted by molar-refractivity contribution is -0.144. The molecule has 1 rings (SSSR count). The summed E-state index contributed by atoms with van der Waals surface area (Å²) in [7, 11) is 0. The molecule has 8 heteroatoms. The summed E-state index contributed by atoms with van der Waals surface area (Å²) in [5.41, 5.74) is 8.87. The van der Waals surface area contributed by atoms with Gasteiger partial charge in [0.25, 0.3) is 5.91 Å². The summed E-state index contributed by atoms with van der Waals surface area (Å²) in [6.07, 6.45) is 2.50. The number of nitrogens with one attached hydrogen (secondary N) is 2. The highest BCUT2D eigenvalue weighted by Crippen LogP contribution is 2.05. The molecular weight excluding hydrogens is 262 g/mol. The summed E-state index contributed by atoms with van der Waals surface area (Å²) >= 11 is 0. The molecule has 8 nitrogen and oxygen atoms in total. The van der Waals surface area contributed by atoms with E-state index in [1.165, 1.54) is 0 Å². The van der Waals surface area contributed by atoms with Crippen LogP contribution < -0.4 is 5.32 Å². The van der Waals surface area contributed by atoms with Gasteiger partial charge >= 0.3 is 5.97 Å². The zero-order valence-corrected chi connectivity index (χ0v) is 11.2. The molecule has 0 aliphatic rings. The van der Waals surface area contributed by atoms with Crippen LogP contribution in [-0.4, -0.2) is 36.1 Å². The van der Waals surface area contributed by atoms with Gasteiger partial charge in [0.1, 0.15) is 11.7 Å². The van der Waals surface area contributed by atoms with Crippen LogP contribution in [-0.2, 0) is 9.53 Å². The number of carbonyl (C=O) groups is 2. The third-order valence-corrected chi connectivity index (χ3v) is 2.53. The first-order valence-corrected chi connectivity index (χ1v) is 6.31. The maximum absolute atomic E-state index is 11.6. The van der Waals surface area contributed by atoms with Crippen molar-refractivity contribution in [2.45, 2.75) is 25.8 Å². The van der Waals surface area contributed by atoms with Gasteiger partial charge in [0.05, 0.1) is 6.61 Å². The lowest BCUT2D eigenvalue weighted by atomic mass is 10.1. The molecule has 0 radical (unpaired) electrons. The van der Waals surface area contributed by atoms with Gasteiger partial charge in [0, 0.05) is 17.7 Å². The highest BCUT2D eigenvalue weighted by atomic mass is 16.5. The predicted octanol–water partition coefficient (Wildman–Crippen LogP) is 1.77. The Labute approximate surface area is 116 Å². The maximum atomic E-state index is 11.6. The molecule has 0 saturated heterocycles. The van der Waals surface area contributed by atoms with E-state index in [-0.39, 0.29) is 12.5 Å². The van der Waals surface area contributed by atoms with Crippen molar-refractivity contribution in [1.29, 1.82) is 0 Å². The summed E-state index contributed by atoms with van der Waals surface area (Å²) in [5.74, 6) is -0.757. The van der Waals surface area contributed by atoms with E-state index in [1.807, 2.05) is 0 Å². The Kier molecular flexibility index (Phi) is 6.70. The molecule has 1 atom stereocenters. The van der Waals surface area contributed by atoms with E-state index in [9.17, 15) is 9.59 Å². The number of aromatic amines is 1. The summed E-state index contributed by atoms with van der Waals surface area (Å²) in [4.78, 5) is 28.5. The van der Waals surface area contributed by atoms with Crippen molar-refractivity contribution in [1.82, 2.24) is 10.3 Å². The molecule has 0 bridgehead atoms. The Bertz CT molecular complexity index is 479. The van der Waals surface area contributed by atoms with Crippen molar-refractivity contribution in [2.24, 2.45) is 5.11 Å². The zero-order chi connectivity index (χ0) is 14.8. The van der Waals surface area contributed by atoms with Gasteiger partial charge in [-0.15, -0.1) is 0 Å². The molecule has 1 unspecified atom stereocenters. The van der Waals surface area contributed by atoms with Crippen LogP contribution in [0.4, 0.5) is 0 Å². The number of rotatable bonds is 8. The smallest absolute Gasteiger partial charge is 0.314 e. The average Bonchev–Trinajstić information content (AvgIpc) is 2.96. The van der Waals surface area contributed by atoms with Crippen molar-refractivity contribution in [3.63, 3.8) is 0 Å². The highest BCUT2D eigenvalue weighted by Gasteiger charge is 2.17. The number of hydrogen-bond acceptors (Lipinski definition) is 4. The first kappa shape index (κ1) is 15.6. The zero-order valence-electron chi connectivity index (χ0n) is 11.2. The minimum absolute atomic E-state index is 0.216. The van der Waals surface area contributed by atoms with E-state index in [0.29, 0.717) is 25.1 Å². The second-order valence-electron chi connectivity index (χ2n) is 3.95. The van der Waals surface area contributed by atoms with Crippen LogP contribution in [0.5, 0.6) is 0 Å². The molecule has 20 heavy (non-hydrogen) atoms. The Morgan fingerprint density at radius 3 is 3.00 bits per heavy atom. The Balaban J connectivity index is 2.32. The maximum Gasteiger partial charge on any atom is 0.314 e. The molecule has 0 aromatic carbocycles. The number of esters is 1. The monoisotopic (exact) mass is 279 g/mol. The number of aromatic nitrogens is 1. The lowest BCUT2D eigenvalue weighted by Crippen LogP contribution is -2.27. The number of amides is 1. The number of nitrogens with zero attached hydrogens (tertiary/aromatic N) is 3. The van der Waals surface area contributed by atoms with Gasteiger partial charge in [0.15, 0.2) is 0 Å². The minimum atomic E-state index is -0.845. The summed E-state index contributed by atoms with van der Waals surface area (Å²) in [5, 5.41) is 6.09. The van der Waals surface area contributed by atoms with Gasteiger partial charge in [-0.1, -0.05) is 5.11 Å². The Morgan fingerprint density at radius 2 is 2.40 bits per heavy atom. The van der Waals surface area contributed by atoms with Gasteiger partial charge in [-0.05, 0) is 37.4 Å². The van der Waals surface area contributed by atoms with Crippen molar-refractivity contribution < 1.29 is 14.3 Å². The number of ether oxygens (including phenoxy) is 1. The molecule has 2 N–H and O–H groups in total. The summed E-state index contributed by atoms with van der Waals surface area (Å²) in [6, 6.07) is 2.55. The standard InChI is InChI=1S/C12H17N5O3/c1-2-20-12(19)10(16-17-13)6-4-8-15-11(18)9-5-3-7-14-9/h3,5,7,10,14H,2,4,6,8H2,1H3,(H,15,18). The van der Waals surface area contributed by atoms with Crippen LogP contribution in [0.2, 0.25) is 0 Å². The molecule has 0 fully saturated rings. The van der Waals surface area contributed by atoms with E-state index in [2.05, 4.69) is 20.3 Å². The van der Waals surface area contributed by atoms with Crippen LogP contribution in [0.25, 0.3) is 10.4 Å². The number of H-pyrrole nitrogens is 1. The summed E-state index contributed by atoms with van der Waals surface area (Å²) in [6.45, 7) is 2.30. The highest BCUT2D eigenvalue weighted by molar-refractivity contribution is 5.92. The second-order valence-corrected chi connectivity index (χ2v) is 3.95. The molecular formula is C12H17N5O3. The fourth-order valence-electron chi connectivity index (χ4n) is 1.59. The average molecular weight is 279 g/mol. The third kappa shape index (κ3) is 5.03. The molecule has 1 aromatic heterocycles. The Hall–Kier alpha value is -2.47. The van der Waals surface area contributed by atoms with Crippen molar-refractivity contribution in [2.75, 3.05) is 13.2 Å². The molecule has 0 aliphatic heterocycles. The molecule has 1 amide bonds. The van der Waals surface area contributed by atoms with Crippen LogP contribution in [0.15, 0.2) is 23.4 Å². The number of azide groups is 1. The molecule has 0 aliphatic carbocycles. The molecule has 0 saturated carbocycles. The van der Waals surface area contributed by atoms with Crippen LogP contribution in [0.1, 0.15) is 30.3 Å². The first-order valence-electron chi connectivity index (χ1n) is 6.31. The molecule has 1 heterocycles. The Morgan fingerprint density at radius 1 is 1.60 bits per heavy atom. The van der Waals surface area contributed by atoms with Gasteiger partial charge in [-0.2, -0.15) is 0 Å². The van der Waals surface area contributed by atoms with Crippen LogP contribution in [0.3, 0.4) is 0 Å². The lowest BCUT2D eigenvalue weighted by Gasteiger charge is -2.10. The van der Waals surface area contributed by atoms with Crippen LogP contribution in [0, 0.1) is 0 Å². The molecule has 108 valence electrons. The van der Waals surface area contributed by atoms with E-state index in [0.717, 1.165) is 0 Å². The number of carbonyl (C=O) groups excluding carboxylic acids is 2. The molecule has 1 aromatic rings. The first-order chi connectivity index (χ1) is 9.69. The van der Waals surface area contributed by atoms with Crippen molar-refractivity contribution in [3.05, 3.63) is 34.5 Å². The summed E-state index contributed by atoms with van der Waals surface area (Å²) < 4.78 is 4.80. The van der Waals surface area contributed by atoms with Gasteiger partial charge in [0.2, 0.25) is 0 Å². The minimum Gasteiger partial charge on any atom is -0.466 e. The van der Waals surface area contributed by atoms with E-state index >= 15 is 0 Å². The van der Waals surface area contributed by atoms with Gasteiger partial charge in [-0.3, -0.25) is 9.59 Å². The van der Waals surface area contributed by atoms with E-state index in [4.69, 9.17) is 10.3 Å². The van der Waals surface area contributed by atoms with E-state index < -0.39 is 12.0 Å². The normalized spacial score (nSPS) is 11.2. The fraction of sp³-hybridized carbons (Fsp3) is 0.500. The van der Waals surface area contributed by atoms with Crippen LogP contribution >= 0.6 is 0 Å². The van der Waals surface area contributed by atoms with Crippen molar-refractivity contribution in [3.8, 4) is 0 Å². The van der Waals surface area contributed by atoms with Gasteiger partial charge < -0.3 is 15.0 Å². The fourth-order valence-corrected chi connectivity index (χ4v) is 1.59. The second kappa shape index (κ2) is 8.60.